The first-order valence-corrected chi connectivity index (χ1v) is 4.46. The minimum Gasteiger partial charge on any atom is -0.290 e. The van der Waals surface area contributed by atoms with Crippen LogP contribution in [0.5, 0.6) is 0 Å². The molecule has 2 aromatic rings. The molecule has 0 aliphatic rings. The summed E-state index contributed by atoms with van der Waals surface area (Å²) in [5.41, 5.74) is 0.448. The maximum absolute atomic E-state index is 12.6. The molecule has 0 spiro atoms. The number of hydrogen-bond donors (Lipinski definition) is 1. The molecule has 16 heavy (non-hydrogen) atoms. The third-order valence-corrected chi connectivity index (χ3v) is 1.80. The monoisotopic (exact) mass is 218 g/mol. The van der Waals surface area contributed by atoms with Crippen molar-refractivity contribution in [2.75, 3.05) is 5.32 Å². The van der Waals surface area contributed by atoms with Crippen LogP contribution < -0.4 is 5.32 Å². The first kappa shape index (κ1) is 10.2. The van der Waals surface area contributed by atoms with Crippen molar-refractivity contribution >= 4 is 11.9 Å². The average molecular weight is 218 g/mol. The summed E-state index contributed by atoms with van der Waals surface area (Å²) in [5, 5.41) is 2.36. The van der Waals surface area contributed by atoms with Crippen LogP contribution in [-0.4, -0.2) is 20.9 Å². The summed E-state index contributed by atoms with van der Waals surface area (Å²) >= 11 is 0. The van der Waals surface area contributed by atoms with Crippen LogP contribution >= 0.6 is 0 Å². The van der Waals surface area contributed by atoms with Gasteiger partial charge in [-0.15, -0.1) is 0 Å². The molecular formula is C10H7FN4O. The van der Waals surface area contributed by atoms with Gasteiger partial charge in [0.25, 0.3) is 5.91 Å². The van der Waals surface area contributed by atoms with Gasteiger partial charge in [0.05, 0.1) is 0 Å². The Hall–Kier alpha value is -2.37. The number of amides is 1. The molecule has 1 heterocycles. The van der Waals surface area contributed by atoms with Gasteiger partial charge in [-0.3, -0.25) is 10.1 Å². The highest BCUT2D eigenvalue weighted by molar-refractivity contribution is 6.03. The minimum absolute atomic E-state index is 0.110. The fraction of sp³-hybridized carbons (Fsp3) is 0. The van der Waals surface area contributed by atoms with Crippen molar-refractivity contribution in [3.63, 3.8) is 0 Å². The summed E-state index contributed by atoms with van der Waals surface area (Å²) in [7, 11) is 0. The predicted molar refractivity (Wildman–Crippen MR) is 54.2 cm³/mol. The van der Waals surface area contributed by atoms with Gasteiger partial charge in [0, 0.05) is 5.56 Å². The van der Waals surface area contributed by atoms with Crippen molar-refractivity contribution in [3.8, 4) is 0 Å². The number of aromatic nitrogens is 3. The van der Waals surface area contributed by atoms with Crippen LogP contribution in [-0.2, 0) is 0 Å². The van der Waals surface area contributed by atoms with E-state index in [0.29, 0.717) is 5.56 Å². The number of hydrogen-bond acceptors (Lipinski definition) is 4. The lowest BCUT2D eigenvalue weighted by Crippen LogP contribution is -2.14. The lowest BCUT2D eigenvalue weighted by molar-refractivity contribution is 0.102. The second kappa shape index (κ2) is 4.43. The Morgan fingerprint density at radius 1 is 1.19 bits per heavy atom. The van der Waals surface area contributed by atoms with Crippen LogP contribution in [0.25, 0.3) is 0 Å². The third kappa shape index (κ3) is 2.35. The molecular weight excluding hydrogens is 211 g/mol. The molecule has 6 heteroatoms. The number of halogens is 1. The van der Waals surface area contributed by atoms with Gasteiger partial charge in [-0.2, -0.15) is 14.4 Å². The fourth-order valence-electron chi connectivity index (χ4n) is 1.10. The third-order valence-electron chi connectivity index (χ3n) is 1.80. The van der Waals surface area contributed by atoms with Crippen LogP contribution in [0.2, 0.25) is 0 Å². The standard InChI is InChI=1S/C10H7FN4O/c11-9-12-6-13-10(15-9)14-8(16)7-4-2-1-3-5-7/h1-6H,(H,12,13,14,15,16). The quantitative estimate of drug-likeness (QED) is 0.824. The maximum Gasteiger partial charge on any atom is 0.313 e. The summed E-state index contributed by atoms with van der Waals surface area (Å²) in [5.74, 6) is -0.507. The van der Waals surface area contributed by atoms with E-state index in [2.05, 4.69) is 20.3 Å². The van der Waals surface area contributed by atoms with Crippen LogP contribution in [0, 0.1) is 6.08 Å². The largest absolute Gasteiger partial charge is 0.313 e. The van der Waals surface area contributed by atoms with E-state index in [0.717, 1.165) is 6.33 Å². The molecule has 0 saturated carbocycles. The molecule has 0 aliphatic carbocycles. The molecule has 0 radical (unpaired) electrons. The molecule has 0 atom stereocenters. The summed E-state index contributed by atoms with van der Waals surface area (Å²) in [6, 6.07) is 8.50. The van der Waals surface area contributed by atoms with E-state index >= 15 is 0 Å². The highest BCUT2D eigenvalue weighted by atomic mass is 19.1. The van der Waals surface area contributed by atoms with Crippen molar-refractivity contribution in [1.82, 2.24) is 15.0 Å². The Morgan fingerprint density at radius 2 is 1.94 bits per heavy atom. The van der Waals surface area contributed by atoms with Crippen LogP contribution in [0.4, 0.5) is 10.3 Å². The van der Waals surface area contributed by atoms with Crippen molar-refractivity contribution in [3.05, 3.63) is 48.3 Å². The predicted octanol–water partition coefficient (Wildman–Crippen LogP) is 1.26. The zero-order valence-electron chi connectivity index (χ0n) is 8.09. The van der Waals surface area contributed by atoms with Gasteiger partial charge in [0.2, 0.25) is 5.95 Å². The van der Waals surface area contributed by atoms with Gasteiger partial charge in [-0.25, -0.2) is 4.98 Å². The van der Waals surface area contributed by atoms with Crippen molar-refractivity contribution < 1.29 is 9.18 Å². The Morgan fingerprint density at radius 3 is 2.62 bits per heavy atom. The molecule has 1 amide bonds. The van der Waals surface area contributed by atoms with Gasteiger partial charge in [-0.05, 0) is 12.1 Å². The summed E-state index contributed by atoms with van der Waals surface area (Å²) in [6.07, 6.45) is 0.0570. The molecule has 5 nitrogen and oxygen atoms in total. The van der Waals surface area contributed by atoms with Gasteiger partial charge < -0.3 is 0 Å². The second-order valence-electron chi connectivity index (χ2n) is 2.90. The van der Waals surface area contributed by atoms with Crippen LogP contribution in [0.15, 0.2) is 36.7 Å². The Labute approximate surface area is 90.4 Å². The number of benzene rings is 1. The number of nitrogens with zero attached hydrogens (tertiary/aromatic N) is 3. The number of nitrogens with one attached hydrogen (secondary N) is 1. The molecule has 1 N–H and O–H groups in total. The highest BCUT2D eigenvalue weighted by Crippen LogP contribution is 2.02. The lowest BCUT2D eigenvalue weighted by atomic mass is 10.2. The number of anilines is 1. The Balaban J connectivity index is 2.14. The Kier molecular flexibility index (Phi) is 2.81. The molecule has 2 rings (SSSR count). The van der Waals surface area contributed by atoms with Gasteiger partial charge in [0.1, 0.15) is 6.33 Å². The van der Waals surface area contributed by atoms with Crippen LogP contribution in [0.1, 0.15) is 10.4 Å². The zero-order chi connectivity index (χ0) is 11.4. The number of rotatable bonds is 2. The molecule has 0 fully saturated rings. The molecule has 0 unspecified atom stereocenters. The molecule has 0 aliphatic heterocycles. The van der Waals surface area contributed by atoms with Gasteiger partial charge in [0.15, 0.2) is 0 Å². The molecule has 1 aromatic heterocycles. The first-order valence-electron chi connectivity index (χ1n) is 4.46. The fourth-order valence-corrected chi connectivity index (χ4v) is 1.10. The van der Waals surface area contributed by atoms with E-state index in [1.807, 2.05) is 0 Å². The van der Waals surface area contributed by atoms with Crippen molar-refractivity contribution in [1.29, 1.82) is 0 Å². The second-order valence-corrected chi connectivity index (χ2v) is 2.90. The number of carbonyl (C=O) groups excluding carboxylic acids is 1. The smallest absolute Gasteiger partial charge is 0.290 e. The van der Waals surface area contributed by atoms with Gasteiger partial charge in [-0.1, -0.05) is 18.2 Å². The molecule has 0 bridgehead atoms. The van der Waals surface area contributed by atoms with E-state index in [1.165, 1.54) is 0 Å². The summed E-state index contributed by atoms with van der Waals surface area (Å²) in [4.78, 5) is 21.7. The van der Waals surface area contributed by atoms with Crippen molar-refractivity contribution in [2.24, 2.45) is 0 Å². The van der Waals surface area contributed by atoms with Gasteiger partial charge >= 0.3 is 6.08 Å². The molecule has 1 aromatic carbocycles. The molecule has 0 saturated heterocycles. The number of carbonyl (C=O) groups is 1. The van der Waals surface area contributed by atoms with Crippen molar-refractivity contribution in [2.45, 2.75) is 0 Å². The van der Waals surface area contributed by atoms with E-state index in [1.54, 1.807) is 30.3 Å². The Bertz CT molecular complexity index is 503. The first-order chi connectivity index (χ1) is 7.75. The summed E-state index contributed by atoms with van der Waals surface area (Å²) < 4.78 is 12.6. The molecule has 80 valence electrons. The van der Waals surface area contributed by atoms with E-state index < -0.39 is 12.0 Å². The lowest BCUT2D eigenvalue weighted by Gasteiger charge is -2.02. The summed E-state index contributed by atoms with van der Waals surface area (Å²) in [6.45, 7) is 0. The van der Waals surface area contributed by atoms with E-state index in [-0.39, 0.29) is 5.95 Å². The topological polar surface area (TPSA) is 67.8 Å². The zero-order valence-corrected chi connectivity index (χ0v) is 8.09. The minimum atomic E-state index is -0.932. The normalized spacial score (nSPS) is 9.81. The van der Waals surface area contributed by atoms with E-state index in [9.17, 15) is 9.18 Å². The average Bonchev–Trinajstić information content (AvgIpc) is 2.30. The SMILES string of the molecule is O=C(Nc1ncnc(F)n1)c1ccccc1. The van der Waals surface area contributed by atoms with E-state index in [4.69, 9.17) is 0 Å². The highest BCUT2D eigenvalue weighted by Gasteiger charge is 2.07. The maximum atomic E-state index is 12.6. The van der Waals surface area contributed by atoms with Crippen LogP contribution in [0.3, 0.4) is 0 Å².